The number of hydrogen-bond donors (Lipinski definition) is 3. The Bertz CT molecular complexity index is 1060. The van der Waals surface area contributed by atoms with Crippen LogP contribution in [0.15, 0.2) is 90.2 Å². The second kappa shape index (κ2) is 12.0. The molecule has 1 atom stereocenters. The summed E-state index contributed by atoms with van der Waals surface area (Å²) in [5.74, 6) is -1.43. The van der Waals surface area contributed by atoms with Crippen LogP contribution >= 0.6 is 0 Å². The molecule has 1 saturated heterocycles. The number of allylic oxidation sites excluding steroid dienone is 3. The highest BCUT2D eigenvalue weighted by molar-refractivity contribution is 6.27. The molecule has 33 heavy (non-hydrogen) atoms. The van der Waals surface area contributed by atoms with Crippen molar-refractivity contribution in [1.82, 2.24) is 10.6 Å². The highest BCUT2D eigenvalue weighted by Gasteiger charge is 2.37. The van der Waals surface area contributed by atoms with Gasteiger partial charge in [-0.15, -0.1) is 0 Å². The molecule has 0 aromatic heterocycles. The quantitative estimate of drug-likeness (QED) is 0.178. The van der Waals surface area contributed by atoms with Gasteiger partial charge in [0.1, 0.15) is 17.9 Å². The van der Waals surface area contributed by atoms with Gasteiger partial charge in [0.2, 0.25) is 0 Å². The van der Waals surface area contributed by atoms with Gasteiger partial charge in [-0.3, -0.25) is 9.59 Å². The third-order valence-electron chi connectivity index (χ3n) is 4.96. The van der Waals surface area contributed by atoms with Gasteiger partial charge < -0.3 is 20.5 Å². The van der Waals surface area contributed by atoms with Crippen molar-refractivity contribution in [2.45, 2.75) is 25.5 Å². The highest BCUT2D eigenvalue weighted by atomic mass is 16.5. The number of carbonyl (C=O) groups excluding carboxylic acids is 3. The molecule has 2 aromatic rings. The van der Waals surface area contributed by atoms with Crippen molar-refractivity contribution in [2.75, 3.05) is 6.54 Å². The molecule has 0 radical (unpaired) electrons. The molecule has 0 aliphatic carbocycles. The summed E-state index contributed by atoms with van der Waals surface area (Å²) < 4.78 is 5.12. The molecule has 1 heterocycles. The first kappa shape index (κ1) is 23.5. The van der Waals surface area contributed by atoms with Crippen molar-refractivity contribution >= 4 is 23.9 Å². The summed E-state index contributed by atoms with van der Waals surface area (Å²) in [6.45, 7) is 0.466. The number of alkyl carbamates (subject to hydrolysis) is 1. The van der Waals surface area contributed by atoms with E-state index in [0.29, 0.717) is 19.4 Å². The predicted molar refractivity (Wildman–Crippen MR) is 125 cm³/mol. The van der Waals surface area contributed by atoms with Gasteiger partial charge in [0.05, 0.1) is 6.04 Å². The summed E-state index contributed by atoms with van der Waals surface area (Å²) in [7, 11) is 0. The van der Waals surface area contributed by atoms with Crippen LogP contribution in [0, 0.1) is 0 Å². The Morgan fingerprint density at radius 1 is 1.03 bits per heavy atom. The Kier molecular flexibility index (Phi) is 8.59. The lowest BCUT2D eigenvalue weighted by molar-refractivity contribution is -0.117. The SMILES string of the molecule is O=C(NCCCC1NC(=O)\C(=C(O)/C=C/C=C/c2ccccc2)C1=O)OCc1ccccc1. The first-order chi connectivity index (χ1) is 16.0. The smallest absolute Gasteiger partial charge is 0.407 e. The second-order valence-electron chi connectivity index (χ2n) is 7.41. The normalized spacial score (nSPS) is 17.4. The molecule has 0 spiro atoms. The maximum Gasteiger partial charge on any atom is 0.407 e. The van der Waals surface area contributed by atoms with Crippen LogP contribution in [0.3, 0.4) is 0 Å². The van der Waals surface area contributed by atoms with Gasteiger partial charge in [-0.05, 0) is 30.0 Å². The Labute approximate surface area is 192 Å². The zero-order valence-corrected chi connectivity index (χ0v) is 18.1. The lowest BCUT2D eigenvalue weighted by Gasteiger charge is -2.09. The fourth-order valence-electron chi connectivity index (χ4n) is 3.26. The lowest BCUT2D eigenvalue weighted by atomic mass is 10.0. The Hall–Kier alpha value is -4.13. The van der Waals surface area contributed by atoms with Crippen LogP contribution in [0.2, 0.25) is 0 Å². The van der Waals surface area contributed by atoms with Gasteiger partial charge in [0, 0.05) is 6.54 Å². The van der Waals surface area contributed by atoms with E-state index in [4.69, 9.17) is 4.74 Å². The topological polar surface area (TPSA) is 105 Å². The largest absolute Gasteiger partial charge is 0.507 e. The number of aliphatic hydroxyl groups is 1. The third kappa shape index (κ3) is 7.21. The van der Waals surface area contributed by atoms with Crippen molar-refractivity contribution in [1.29, 1.82) is 0 Å². The van der Waals surface area contributed by atoms with Gasteiger partial charge in [0.15, 0.2) is 5.78 Å². The molecule has 1 aliphatic rings. The Morgan fingerprint density at radius 2 is 1.73 bits per heavy atom. The van der Waals surface area contributed by atoms with E-state index in [-0.39, 0.29) is 17.9 Å². The number of carbonyl (C=O) groups is 3. The number of ketones is 1. The van der Waals surface area contributed by atoms with E-state index in [1.54, 1.807) is 12.2 Å². The van der Waals surface area contributed by atoms with Crippen molar-refractivity contribution in [3.8, 4) is 0 Å². The van der Waals surface area contributed by atoms with E-state index in [1.165, 1.54) is 6.08 Å². The standard InChI is InChI=1S/C26H26N2O5/c29-22(16-8-7-12-19-10-3-1-4-11-19)23-24(30)21(28-25(23)31)15-9-17-27-26(32)33-18-20-13-5-2-6-14-20/h1-8,10-14,16,21,29H,9,15,17-18H2,(H,27,32)(H,28,31)/b12-7+,16-8+,23-22+. The van der Waals surface area contributed by atoms with E-state index < -0.39 is 23.8 Å². The van der Waals surface area contributed by atoms with E-state index in [9.17, 15) is 19.5 Å². The molecule has 2 amide bonds. The predicted octanol–water partition coefficient (Wildman–Crippen LogP) is 3.84. The minimum Gasteiger partial charge on any atom is -0.507 e. The van der Waals surface area contributed by atoms with E-state index >= 15 is 0 Å². The molecule has 7 heteroatoms. The monoisotopic (exact) mass is 446 g/mol. The highest BCUT2D eigenvalue weighted by Crippen LogP contribution is 2.18. The van der Waals surface area contributed by atoms with Crippen LogP contribution < -0.4 is 10.6 Å². The van der Waals surface area contributed by atoms with Gasteiger partial charge >= 0.3 is 6.09 Å². The number of Topliss-reactive ketones (excluding diaryl/α,β-unsaturated/α-hetero) is 1. The van der Waals surface area contributed by atoms with Crippen molar-refractivity contribution in [3.05, 3.63) is 101 Å². The molecule has 1 unspecified atom stereocenters. The van der Waals surface area contributed by atoms with E-state index in [0.717, 1.165) is 11.1 Å². The molecular formula is C26H26N2O5. The molecule has 0 bridgehead atoms. The second-order valence-corrected chi connectivity index (χ2v) is 7.41. The summed E-state index contributed by atoms with van der Waals surface area (Å²) in [6, 6.07) is 18.2. The average Bonchev–Trinajstić information content (AvgIpc) is 3.12. The third-order valence-corrected chi connectivity index (χ3v) is 4.96. The molecule has 2 aromatic carbocycles. The molecule has 3 rings (SSSR count). The molecule has 0 saturated carbocycles. The molecule has 3 N–H and O–H groups in total. The molecule has 170 valence electrons. The molecular weight excluding hydrogens is 420 g/mol. The fourth-order valence-corrected chi connectivity index (χ4v) is 3.26. The number of benzene rings is 2. The van der Waals surface area contributed by atoms with Gasteiger partial charge in [-0.2, -0.15) is 0 Å². The van der Waals surface area contributed by atoms with E-state index in [1.807, 2.05) is 66.7 Å². The zero-order chi connectivity index (χ0) is 23.5. The van der Waals surface area contributed by atoms with Crippen LogP contribution in [0.5, 0.6) is 0 Å². The molecule has 7 nitrogen and oxygen atoms in total. The van der Waals surface area contributed by atoms with Crippen molar-refractivity contribution in [2.24, 2.45) is 0 Å². The van der Waals surface area contributed by atoms with Crippen molar-refractivity contribution < 1.29 is 24.2 Å². The van der Waals surface area contributed by atoms with Crippen LogP contribution in [0.1, 0.15) is 24.0 Å². The summed E-state index contributed by atoms with van der Waals surface area (Å²) in [4.78, 5) is 36.5. The maximum atomic E-state index is 12.5. The van der Waals surface area contributed by atoms with Gasteiger partial charge in [-0.1, -0.05) is 78.9 Å². The fraction of sp³-hybridized carbons (Fsp3) is 0.192. The minimum absolute atomic E-state index is 0.172. The lowest BCUT2D eigenvalue weighted by Crippen LogP contribution is -2.31. The summed E-state index contributed by atoms with van der Waals surface area (Å²) in [5, 5.41) is 15.4. The average molecular weight is 447 g/mol. The Morgan fingerprint density at radius 3 is 2.45 bits per heavy atom. The zero-order valence-electron chi connectivity index (χ0n) is 18.1. The van der Waals surface area contributed by atoms with Gasteiger partial charge in [0.25, 0.3) is 5.91 Å². The number of amides is 2. The number of hydrogen-bond acceptors (Lipinski definition) is 5. The van der Waals surface area contributed by atoms with E-state index in [2.05, 4.69) is 10.6 Å². The van der Waals surface area contributed by atoms with Crippen LogP contribution in [0.25, 0.3) is 6.08 Å². The van der Waals surface area contributed by atoms with Crippen LogP contribution in [-0.4, -0.2) is 35.5 Å². The summed E-state index contributed by atoms with van der Waals surface area (Å²) in [6.07, 6.45) is 6.67. The first-order valence-electron chi connectivity index (χ1n) is 10.7. The number of rotatable bonds is 9. The van der Waals surface area contributed by atoms with Crippen LogP contribution in [-0.2, 0) is 20.9 Å². The summed E-state index contributed by atoms with van der Waals surface area (Å²) in [5.41, 5.74) is 1.62. The first-order valence-corrected chi connectivity index (χ1v) is 10.7. The number of aliphatic hydroxyl groups excluding tert-OH is 1. The van der Waals surface area contributed by atoms with Crippen molar-refractivity contribution in [3.63, 3.8) is 0 Å². The Balaban J connectivity index is 1.42. The number of ether oxygens (including phenoxy) is 1. The molecule has 1 fully saturated rings. The van der Waals surface area contributed by atoms with Gasteiger partial charge in [-0.25, -0.2) is 4.79 Å². The number of nitrogens with one attached hydrogen (secondary N) is 2. The molecule has 1 aliphatic heterocycles. The van der Waals surface area contributed by atoms with Crippen LogP contribution in [0.4, 0.5) is 4.79 Å². The minimum atomic E-state index is -0.731. The summed E-state index contributed by atoms with van der Waals surface area (Å²) >= 11 is 0. The maximum absolute atomic E-state index is 12.5.